The standard InChI is InChI=1S/C19H32N4O/c1-4-7-16-14-23(11-10-22(16)12-13-24-3)19-17-8-5-6-9-18(17)20-15(2)21-19/h16H,4-14H2,1-3H3. The van der Waals surface area contributed by atoms with Gasteiger partial charge in [-0.2, -0.15) is 0 Å². The molecule has 0 N–H and O–H groups in total. The molecule has 134 valence electrons. The van der Waals surface area contributed by atoms with Crippen LogP contribution >= 0.6 is 0 Å². The van der Waals surface area contributed by atoms with Crippen LogP contribution in [0.2, 0.25) is 0 Å². The minimum atomic E-state index is 0.605. The first kappa shape index (κ1) is 17.6. The molecule has 5 nitrogen and oxygen atoms in total. The Hall–Kier alpha value is -1.20. The molecule has 1 unspecified atom stereocenters. The topological polar surface area (TPSA) is 41.5 Å². The van der Waals surface area contributed by atoms with Gasteiger partial charge in [-0.05, 0) is 39.0 Å². The third-order valence-corrected chi connectivity index (χ3v) is 5.38. The predicted octanol–water partition coefficient (Wildman–Crippen LogP) is 2.60. The Labute approximate surface area is 146 Å². The Bertz CT molecular complexity index is 548. The second kappa shape index (κ2) is 8.26. The average Bonchev–Trinajstić information content (AvgIpc) is 2.60. The molecule has 1 atom stereocenters. The van der Waals surface area contributed by atoms with E-state index in [-0.39, 0.29) is 0 Å². The normalized spacial score (nSPS) is 21.8. The highest BCUT2D eigenvalue weighted by Crippen LogP contribution is 2.30. The van der Waals surface area contributed by atoms with Gasteiger partial charge in [-0.3, -0.25) is 4.90 Å². The number of aryl methyl sites for hydroxylation is 2. The zero-order chi connectivity index (χ0) is 16.9. The van der Waals surface area contributed by atoms with Crippen molar-refractivity contribution in [2.45, 2.75) is 58.4 Å². The number of nitrogens with zero attached hydrogens (tertiary/aromatic N) is 4. The third kappa shape index (κ3) is 3.89. The van der Waals surface area contributed by atoms with E-state index in [1.807, 2.05) is 6.92 Å². The molecule has 0 amide bonds. The van der Waals surface area contributed by atoms with Gasteiger partial charge in [0.15, 0.2) is 0 Å². The molecule has 1 aromatic heterocycles. The van der Waals surface area contributed by atoms with Crippen molar-refractivity contribution in [3.8, 4) is 0 Å². The lowest BCUT2D eigenvalue weighted by Crippen LogP contribution is -2.54. The maximum absolute atomic E-state index is 5.30. The van der Waals surface area contributed by atoms with Gasteiger partial charge in [0, 0.05) is 50.6 Å². The Morgan fingerprint density at radius 2 is 2.00 bits per heavy atom. The summed E-state index contributed by atoms with van der Waals surface area (Å²) in [7, 11) is 1.79. The molecular weight excluding hydrogens is 300 g/mol. The van der Waals surface area contributed by atoms with E-state index >= 15 is 0 Å². The van der Waals surface area contributed by atoms with Gasteiger partial charge < -0.3 is 9.64 Å². The summed E-state index contributed by atoms with van der Waals surface area (Å²) in [5.74, 6) is 2.16. The van der Waals surface area contributed by atoms with Crippen LogP contribution in [0, 0.1) is 6.92 Å². The van der Waals surface area contributed by atoms with Crippen molar-refractivity contribution in [3.05, 3.63) is 17.1 Å². The number of rotatable bonds is 6. The van der Waals surface area contributed by atoms with E-state index in [1.54, 1.807) is 7.11 Å². The van der Waals surface area contributed by atoms with Crippen LogP contribution in [-0.2, 0) is 17.6 Å². The average molecular weight is 332 g/mol. The van der Waals surface area contributed by atoms with Crippen molar-refractivity contribution < 1.29 is 4.74 Å². The van der Waals surface area contributed by atoms with Gasteiger partial charge in [-0.15, -0.1) is 0 Å². The van der Waals surface area contributed by atoms with Gasteiger partial charge >= 0.3 is 0 Å². The molecule has 0 saturated carbocycles. The lowest BCUT2D eigenvalue weighted by atomic mass is 9.95. The molecule has 1 aliphatic heterocycles. The van der Waals surface area contributed by atoms with Crippen LogP contribution in [0.1, 0.15) is 49.7 Å². The summed E-state index contributed by atoms with van der Waals surface area (Å²) >= 11 is 0. The Morgan fingerprint density at radius 1 is 1.17 bits per heavy atom. The quantitative estimate of drug-likeness (QED) is 0.801. The Kier molecular flexibility index (Phi) is 6.06. The monoisotopic (exact) mass is 332 g/mol. The second-order valence-electron chi connectivity index (χ2n) is 7.14. The van der Waals surface area contributed by atoms with Gasteiger partial charge in [-0.25, -0.2) is 9.97 Å². The summed E-state index contributed by atoms with van der Waals surface area (Å²) in [6, 6.07) is 0.605. The van der Waals surface area contributed by atoms with E-state index in [4.69, 9.17) is 14.7 Å². The molecule has 0 bridgehead atoms. The Morgan fingerprint density at radius 3 is 2.79 bits per heavy atom. The first-order valence-electron chi connectivity index (χ1n) is 9.57. The van der Waals surface area contributed by atoms with Crippen LogP contribution in [0.25, 0.3) is 0 Å². The largest absolute Gasteiger partial charge is 0.383 e. The van der Waals surface area contributed by atoms with Crippen molar-refractivity contribution in [1.82, 2.24) is 14.9 Å². The SMILES string of the molecule is CCCC1CN(c2nc(C)nc3c2CCCC3)CCN1CCOC. The number of hydrogen-bond donors (Lipinski definition) is 0. The lowest BCUT2D eigenvalue weighted by molar-refractivity contribution is 0.107. The van der Waals surface area contributed by atoms with Crippen molar-refractivity contribution >= 4 is 5.82 Å². The first-order chi connectivity index (χ1) is 11.7. The van der Waals surface area contributed by atoms with Gasteiger partial charge in [0.25, 0.3) is 0 Å². The molecule has 0 spiro atoms. The minimum absolute atomic E-state index is 0.605. The van der Waals surface area contributed by atoms with Crippen LogP contribution < -0.4 is 4.90 Å². The summed E-state index contributed by atoms with van der Waals surface area (Å²) < 4.78 is 5.30. The fraction of sp³-hybridized carbons (Fsp3) is 0.789. The molecule has 1 aliphatic carbocycles. The van der Waals surface area contributed by atoms with E-state index in [0.717, 1.165) is 51.5 Å². The summed E-state index contributed by atoms with van der Waals surface area (Å²) in [6.45, 7) is 9.43. The second-order valence-corrected chi connectivity index (χ2v) is 7.14. The third-order valence-electron chi connectivity index (χ3n) is 5.38. The molecular formula is C19H32N4O. The zero-order valence-electron chi connectivity index (χ0n) is 15.6. The number of fused-ring (bicyclic) bond motifs is 1. The summed E-state index contributed by atoms with van der Waals surface area (Å²) in [5, 5.41) is 0. The highest BCUT2D eigenvalue weighted by molar-refractivity contribution is 5.51. The number of aromatic nitrogens is 2. The van der Waals surface area contributed by atoms with Crippen molar-refractivity contribution in [3.63, 3.8) is 0 Å². The number of hydrogen-bond acceptors (Lipinski definition) is 5. The van der Waals surface area contributed by atoms with E-state index in [1.165, 1.54) is 42.8 Å². The molecule has 1 aromatic rings. The Balaban J connectivity index is 1.79. The van der Waals surface area contributed by atoms with E-state index in [9.17, 15) is 0 Å². The van der Waals surface area contributed by atoms with Crippen LogP contribution in [0.15, 0.2) is 0 Å². The summed E-state index contributed by atoms with van der Waals surface area (Å²) in [4.78, 5) is 14.7. The van der Waals surface area contributed by atoms with E-state index in [0.29, 0.717) is 6.04 Å². The minimum Gasteiger partial charge on any atom is -0.383 e. The number of anilines is 1. The van der Waals surface area contributed by atoms with Crippen LogP contribution in [0.3, 0.4) is 0 Å². The fourth-order valence-electron chi connectivity index (χ4n) is 4.15. The van der Waals surface area contributed by atoms with Crippen LogP contribution in [0.5, 0.6) is 0 Å². The van der Waals surface area contributed by atoms with Crippen molar-refractivity contribution in [2.24, 2.45) is 0 Å². The molecule has 24 heavy (non-hydrogen) atoms. The number of methoxy groups -OCH3 is 1. The molecule has 2 aliphatic rings. The van der Waals surface area contributed by atoms with E-state index < -0.39 is 0 Å². The van der Waals surface area contributed by atoms with Crippen molar-refractivity contribution in [1.29, 1.82) is 0 Å². The smallest absolute Gasteiger partial charge is 0.135 e. The maximum atomic E-state index is 5.30. The number of piperazine rings is 1. The summed E-state index contributed by atoms with van der Waals surface area (Å²) in [6.07, 6.45) is 7.28. The highest BCUT2D eigenvalue weighted by atomic mass is 16.5. The van der Waals surface area contributed by atoms with Gasteiger partial charge in [0.05, 0.1) is 6.61 Å². The predicted molar refractivity (Wildman–Crippen MR) is 97.8 cm³/mol. The van der Waals surface area contributed by atoms with Crippen molar-refractivity contribution in [2.75, 3.05) is 44.8 Å². The maximum Gasteiger partial charge on any atom is 0.135 e. The van der Waals surface area contributed by atoms with Crippen LogP contribution in [-0.4, -0.2) is 60.8 Å². The molecule has 1 fully saturated rings. The molecule has 0 aromatic carbocycles. The highest BCUT2D eigenvalue weighted by Gasteiger charge is 2.29. The summed E-state index contributed by atoms with van der Waals surface area (Å²) in [5.41, 5.74) is 2.73. The molecule has 2 heterocycles. The van der Waals surface area contributed by atoms with Gasteiger partial charge in [0.1, 0.15) is 11.6 Å². The van der Waals surface area contributed by atoms with Gasteiger partial charge in [0.2, 0.25) is 0 Å². The molecule has 3 rings (SSSR count). The molecule has 0 radical (unpaired) electrons. The fourth-order valence-corrected chi connectivity index (χ4v) is 4.15. The first-order valence-corrected chi connectivity index (χ1v) is 9.57. The van der Waals surface area contributed by atoms with Crippen LogP contribution in [0.4, 0.5) is 5.82 Å². The lowest BCUT2D eigenvalue weighted by Gasteiger charge is -2.43. The zero-order valence-corrected chi connectivity index (χ0v) is 15.6. The number of ether oxygens (including phenoxy) is 1. The van der Waals surface area contributed by atoms with Gasteiger partial charge in [-0.1, -0.05) is 13.3 Å². The molecule has 5 heteroatoms. The molecule has 1 saturated heterocycles. The van der Waals surface area contributed by atoms with E-state index in [2.05, 4.69) is 16.7 Å².